The fraction of sp³-hybridized carbons (Fsp3) is 0.455. The molecule has 0 saturated carbocycles. The first kappa shape index (κ1) is 12.2. The molecule has 0 aromatic heterocycles. The molecule has 0 spiro atoms. The summed E-state index contributed by atoms with van der Waals surface area (Å²) in [5.41, 5.74) is 0. The van der Waals surface area contributed by atoms with E-state index in [0.717, 1.165) is 11.2 Å². The fourth-order valence-corrected chi connectivity index (χ4v) is 4.37. The van der Waals surface area contributed by atoms with Crippen molar-refractivity contribution in [1.29, 1.82) is 0 Å². The lowest BCUT2D eigenvalue weighted by Crippen LogP contribution is -2.52. The third-order valence-corrected chi connectivity index (χ3v) is 6.08. The summed E-state index contributed by atoms with van der Waals surface area (Å²) in [5.74, 6) is 0.265. The van der Waals surface area contributed by atoms with Crippen LogP contribution >= 0.6 is 0 Å². The Balaban J connectivity index is 3.13. The Kier molecular flexibility index (Phi) is 4.32. The van der Waals surface area contributed by atoms with Gasteiger partial charge in [-0.3, -0.25) is 0 Å². The highest BCUT2D eigenvalue weighted by molar-refractivity contribution is 6.81. The van der Waals surface area contributed by atoms with Gasteiger partial charge in [0, 0.05) is 18.9 Å². The second-order valence-corrected chi connectivity index (χ2v) is 6.71. The first-order chi connectivity index (χ1) is 7.20. The predicted octanol–water partition coefficient (Wildman–Crippen LogP) is 1.74. The Morgan fingerprint density at radius 3 is 2.40 bits per heavy atom. The van der Waals surface area contributed by atoms with Gasteiger partial charge in [-0.1, -0.05) is 25.1 Å². The van der Waals surface area contributed by atoms with E-state index in [0.29, 0.717) is 6.61 Å². The summed E-state index contributed by atoms with van der Waals surface area (Å²) in [6.45, 7) is 4.57. The fourth-order valence-electron chi connectivity index (χ4n) is 1.71. The molecule has 0 bridgehead atoms. The zero-order valence-electron chi connectivity index (χ0n) is 9.49. The highest BCUT2D eigenvalue weighted by atomic mass is 28.4. The predicted molar refractivity (Wildman–Crippen MR) is 62.6 cm³/mol. The second kappa shape index (κ2) is 5.30. The van der Waals surface area contributed by atoms with E-state index in [1.807, 2.05) is 26.0 Å². The smallest absolute Gasteiger partial charge is 0.375 e. The highest BCUT2D eigenvalue weighted by Gasteiger charge is 2.38. The Morgan fingerprint density at radius 2 is 1.93 bits per heavy atom. The SMILES string of the molecule is CCO[Si](CC)(OC)c1ccccc1O. The van der Waals surface area contributed by atoms with Crippen LogP contribution in [0.15, 0.2) is 24.3 Å². The van der Waals surface area contributed by atoms with Crippen LogP contribution in [-0.4, -0.2) is 27.4 Å². The first-order valence-electron chi connectivity index (χ1n) is 5.17. The van der Waals surface area contributed by atoms with Crippen molar-refractivity contribution in [3.8, 4) is 5.75 Å². The second-order valence-electron chi connectivity index (χ2n) is 3.26. The van der Waals surface area contributed by atoms with Crippen LogP contribution in [-0.2, 0) is 8.85 Å². The van der Waals surface area contributed by atoms with E-state index in [1.54, 1.807) is 19.2 Å². The summed E-state index contributed by atoms with van der Waals surface area (Å²) >= 11 is 0. The van der Waals surface area contributed by atoms with Crippen LogP contribution in [0.2, 0.25) is 6.04 Å². The van der Waals surface area contributed by atoms with E-state index in [-0.39, 0.29) is 5.75 Å². The maximum Gasteiger partial charge on any atom is 0.375 e. The first-order valence-corrected chi connectivity index (χ1v) is 7.20. The molecule has 0 aliphatic rings. The zero-order valence-corrected chi connectivity index (χ0v) is 10.5. The summed E-state index contributed by atoms with van der Waals surface area (Å²) in [6, 6.07) is 8.03. The molecule has 3 nitrogen and oxygen atoms in total. The van der Waals surface area contributed by atoms with Crippen LogP contribution in [0.25, 0.3) is 0 Å². The highest BCUT2D eigenvalue weighted by Crippen LogP contribution is 2.18. The number of benzene rings is 1. The summed E-state index contributed by atoms with van der Waals surface area (Å²) in [7, 11) is -0.763. The standard InChI is InChI=1S/C11H18O3Si/c1-4-14-15(5-2,13-3)11-9-7-6-8-10(11)12/h6-9,12H,4-5H2,1-3H3. The molecule has 4 heteroatoms. The topological polar surface area (TPSA) is 38.7 Å². The minimum Gasteiger partial charge on any atom is -0.508 e. The lowest BCUT2D eigenvalue weighted by Gasteiger charge is -2.28. The molecule has 0 fully saturated rings. The van der Waals surface area contributed by atoms with E-state index in [2.05, 4.69) is 0 Å². The van der Waals surface area contributed by atoms with Crippen LogP contribution in [0.4, 0.5) is 0 Å². The monoisotopic (exact) mass is 226 g/mol. The molecular formula is C11H18O3Si. The summed E-state index contributed by atoms with van der Waals surface area (Å²) in [5, 5.41) is 10.6. The van der Waals surface area contributed by atoms with Crippen molar-refractivity contribution in [3.05, 3.63) is 24.3 Å². The quantitative estimate of drug-likeness (QED) is 0.777. The normalized spacial score (nSPS) is 14.9. The van der Waals surface area contributed by atoms with Gasteiger partial charge in [-0.05, 0) is 19.0 Å². The van der Waals surface area contributed by atoms with Gasteiger partial charge in [0.25, 0.3) is 0 Å². The number of hydrogen-bond acceptors (Lipinski definition) is 3. The van der Waals surface area contributed by atoms with Crippen LogP contribution in [0, 0.1) is 0 Å². The van der Waals surface area contributed by atoms with Gasteiger partial charge in [0.15, 0.2) is 0 Å². The summed E-state index contributed by atoms with van der Waals surface area (Å²) in [6.07, 6.45) is 0. The van der Waals surface area contributed by atoms with Crippen molar-refractivity contribution in [2.75, 3.05) is 13.7 Å². The average Bonchev–Trinajstić information content (AvgIpc) is 2.27. The van der Waals surface area contributed by atoms with Crippen molar-refractivity contribution >= 4 is 13.7 Å². The van der Waals surface area contributed by atoms with Crippen LogP contribution < -0.4 is 5.19 Å². The van der Waals surface area contributed by atoms with Crippen molar-refractivity contribution < 1.29 is 14.0 Å². The van der Waals surface area contributed by atoms with Gasteiger partial charge < -0.3 is 14.0 Å². The maximum absolute atomic E-state index is 9.81. The van der Waals surface area contributed by atoms with Gasteiger partial charge in [0.2, 0.25) is 0 Å². The third-order valence-electron chi connectivity index (χ3n) is 2.49. The van der Waals surface area contributed by atoms with Crippen molar-refractivity contribution in [2.24, 2.45) is 0 Å². The van der Waals surface area contributed by atoms with E-state index < -0.39 is 8.56 Å². The molecule has 1 aromatic rings. The van der Waals surface area contributed by atoms with Gasteiger partial charge in [-0.2, -0.15) is 0 Å². The molecule has 15 heavy (non-hydrogen) atoms. The van der Waals surface area contributed by atoms with E-state index in [4.69, 9.17) is 8.85 Å². The largest absolute Gasteiger partial charge is 0.508 e. The molecule has 1 atom stereocenters. The molecule has 1 rings (SSSR count). The lowest BCUT2D eigenvalue weighted by molar-refractivity contribution is 0.223. The molecule has 84 valence electrons. The van der Waals surface area contributed by atoms with Crippen molar-refractivity contribution in [3.63, 3.8) is 0 Å². The van der Waals surface area contributed by atoms with Gasteiger partial charge in [-0.15, -0.1) is 0 Å². The van der Waals surface area contributed by atoms with Crippen LogP contribution in [0.1, 0.15) is 13.8 Å². The number of phenolic OH excluding ortho intramolecular Hbond substituents is 1. The maximum atomic E-state index is 9.81. The molecule has 0 aliphatic heterocycles. The van der Waals surface area contributed by atoms with Gasteiger partial charge in [0.05, 0.1) is 0 Å². The minimum absolute atomic E-state index is 0.265. The van der Waals surface area contributed by atoms with E-state index in [9.17, 15) is 5.11 Å². The van der Waals surface area contributed by atoms with Gasteiger partial charge in [0.1, 0.15) is 5.75 Å². The summed E-state index contributed by atoms with van der Waals surface area (Å²) < 4.78 is 11.3. The Morgan fingerprint density at radius 1 is 1.27 bits per heavy atom. The van der Waals surface area contributed by atoms with E-state index >= 15 is 0 Å². The van der Waals surface area contributed by atoms with Gasteiger partial charge >= 0.3 is 8.56 Å². The van der Waals surface area contributed by atoms with Gasteiger partial charge in [-0.25, -0.2) is 0 Å². The average molecular weight is 226 g/mol. The number of phenols is 1. The van der Waals surface area contributed by atoms with Crippen molar-refractivity contribution in [2.45, 2.75) is 19.9 Å². The molecule has 0 heterocycles. The van der Waals surface area contributed by atoms with E-state index in [1.165, 1.54) is 0 Å². The van der Waals surface area contributed by atoms with Crippen LogP contribution in [0.3, 0.4) is 0 Å². The lowest BCUT2D eigenvalue weighted by atomic mass is 10.3. The number of para-hydroxylation sites is 1. The molecule has 0 saturated heterocycles. The number of hydrogen-bond donors (Lipinski definition) is 1. The molecule has 1 unspecified atom stereocenters. The third kappa shape index (κ3) is 2.39. The zero-order chi connectivity index (χ0) is 11.3. The molecular weight excluding hydrogens is 208 g/mol. The number of aromatic hydroxyl groups is 1. The summed E-state index contributed by atoms with van der Waals surface area (Å²) in [4.78, 5) is 0. The molecule has 1 aromatic carbocycles. The number of rotatable bonds is 5. The Hall–Kier alpha value is -0.843. The molecule has 0 aliphatic carbocycles. The van der Waals surface area contributed by atoms with Crippen LogP contribution in [0.5, 0.6) is 5.75 Å². The molecule has 0 radical (unpaired) electrons. The molecule has 1 N–H and O–H groups in total. The van der Waals surface area contributed by atoms with Crippen molar-refractivity contribution in [1.82, 2.24) is 0 Å². The Labute approximate surface area is 91.9 Å². The molecule has 0 amide bonds. The Bertz CT molecular complexity index is 310. The minimum atomic E-state index is -2.41.